The quantitative estimate of drug-likeness (QED) is 0.568. The van der Waals surface area contributed by atoms with Crippen LogP contribution in [0.25, 0.3) is 0 Å². The molecule has 0 aromatic heterocycles. The molecule has 0 spiro atoms. The Morgan fingerprint density at radius 1 is 0.600 bits per heavy atom. The van der Waals surface area contributed by atoms with Gasteiger partial charge in [0.1, 0.15) is 0 Å². The summed E-state index contributed by atoms with van der Waals surface area (Å²) in [6.07, 6.45) is 2.58. The van der Waals surface area contributed by atoms with Crippen LogP contribution in [0.4, 0.5) is 0 Å². The van der Waals surface area contributed by atoms with Gasteiger partial charge in [0.15, 0.2) is 0 Å². The maximum atomic E-state index is 3.51. The van der Waals surface area contributed by atoms with E-state index in [4.69, 9.17) is 0 Å². The van der Waals surface area contributed by atoms with Crippen molar-refractivity contribution in [1.82, 2.24) is 20.4 Å². The zero-order valence-corrected chi connectivity index (χ0v) is 9.67. The maximum absolute atomic E-state index is 3.51. The van der Waals surface area contributed by atoms with Crippen molar-refractivity contribution in [2.75, 3.05) is 59.0 Å². The Morgan fingerprint density at radius 2 is 1.20 bits per heavy atom. The number of nitrogens with one attached hydrogen (secondary N) is 2. The van der Waals surface area contributed by atoms with Gasteiger partial charge in [-0.15, -0.1) is 0 Å². The van der Waals surface area contributed by atoms with Gasteiger partial charge < -0.3 is 10.6 Å². The summed E-state index contributed by atoms with van der Waals surface area (Å²) >= 11 is 0. The lowest BCUT2D eigenvalue weighted by atomic mass is 10.3. The summed E-state index contributed by atoms with van der Waals surface area (Å²) in [5, 5.41) is 7.01. The van der Waals surface area contributed by atoms with E-state index in [0.717, 1.165) is 26.2 Å². The largest absolute Gasteiger partial charge is 0.315 e. The first-order valence-corrected chi connectivity index (χ1v) is 6.31. The predicted octanol–water partition coefficient (Wildman–Crippen LogP) is -0.465. The zero-order chi connectivity index (χ0) is 10.3. The van der Waals surface area contributed by atoms with Gasteiger partial charge in [-0.25, -0.2) is 0 Å². The van der Waals surface area contributed by atoms with E-state index < -0.39 is 0 Å². The molecule has 2 fully saturated rings. The van der Waals surface area contributed by atoms with Gasteiger partial charge in [-0.2, -0.15) is 0 Å². The van der Waals surface area contributed by atoms with Crippen LogP contribution in [0.15, 0.2) is 0 Å². The van der Waals surface area contributed by atoms with Gasteiger partial charge in [0.2, 0.25) is 0 Å². The lowest BCUT2D eigenvalue weighted by Crippen LogP contribution is -2.49. The van der Waals surface area contributed by atoms with Crippen molar-refractivity contribution in [2.45, 2.75) is 12.8 Å². The number of rotatable bonds is 0. The minimum atomic E-state index is 1.15. The fraction of sp³-hybridized carbons (Fsp3) is 1.00. The maximum Gasteiger partial charge on any atom is 0.0507 e. The van der Waals surface area contributed by atoms with Gasteiger partial charge in [-0.3, -0.25) is 9.80 Å². The van der Waals surface area contributed by atoms with Gasteiger partial charge in [0.25, 0.3) is 0 Å². The van der Waals surface area contributed by atoms with E-state index in [-0.39, 0.29) is 0 Å². The highest BCUT2D eigenvalue weighted by Crippen LogP contribution is 2.04. The molecule has 2 unspecified atom stereocenters. The molecule has 2 saturated heterocycles. The molecule has 4 heteroatoms. The summed E-state index contributed by atoms with van der Waals surface area (Å²) in [5.41, 5.74) is 0. The number of fused-ring (bicyclic) bond motifs is 2. The minimum absolute atomic E-state index is 1.15. The molecule has 88 valence electrons. The summed E-state index contributed by atoms with van der Waals surface area (Å²) in [7, 11) is 0. The zero-order valence-electron chi connectivity index (χ0n) is 9.67. The van der Waals surface area contributed by atoms with Crippen LogP contribution in [0.2, 0.25) is 0 Å². The van der Waals surface area contributed by atoms with Crippen LogP contribution in [0.1, 0.15) is 12.8 Å². The van der Waals surface area contributed by atoms with Gasteiger partial charge in [-0.1, -0.05) is 0 Å². The second kappa shape index (κ2) is 6.43. The number of hydrogen-bond donors (Lipinski definition) is 2. The van der Waals surface area contributed by atoms with Crippen molar-refractivity contribution < 1.29 is 0 Å². The monoisotopic (exact) mass is 212 g/mol. The van der Waals surface area contributed by atoms with E-state index in [1.165, 1.54) is 45.7 Å². The van der Waals surface area contributed by atoms with Crippen LogP contribution in [0.3, 0.4) is 0 Å². The highest BCUT2D eigenvalue weighted by molar-refractivity contribution is 4.71. The number of nitrogens with zero attached hydrogens (tertiary/aromatic N) is 2. The Bertz CT molecular complexity index is 158. The molecule has 0 aromatic carbocycles. The average Bonchev–Trinajstić information content (AvgIpc) is 2.26. The van der Waals surface area contributed by atoms with Crippen molar-refractivity contribution in [3.8, 4) is 0 Å². The third kappa shape index (κ3) is 4.07. The molecule has 0 radical (unpaired) electrons. The summed E-state index contributed by atoms with van der Waals surface area (Å²) < 4.78 is 0. The van der Waals surface area contributed by atoms with Gasteiger partial charge >= 0.3 is 0 Å². The first-order valence-electron chi connectivity index (χ1n) is 6.31. The molecule has 4 nitrogen and oxygen atoms in total. The van der Waals surface area contributed by atoms with Crippen molar-refractivity contribution in [3.63, 3.8) is 0 Å². The third-order valence-electron chi connectivity index (χ3n) is 3.27. The van der Waals surface area contributed by atoms with E-state index in [1.54, 1.807) is 0 Å². The average molecular weight is 212 g/mol. The van der Waals surface area contributed by atoms with Gasteiger partial charge in [0, 0.05) is 39.3 Å². The van der Waals surface area contributed by atoms with E-state index >= 15 is 0 Å². The molecule has 2 atom stereocenters. The molecule has 2 aliphatic rings. The smallest absolute Gasteiger partial charge is 0.0507 e. The topological polar surface area (TPSA) is 30.5 Å². The van der Waals surface area contributed by atoms with Crippen LogP contribution < -0.4 is 10.6 Å². The molecule has 2 rings (SSSR count). The van der Waals surface area contributed by atoms with Crippen molar-refractivity contribution in [1.29, 1.82) is 0 Å². The van der Waals surface area contributed by atoms with Crippen LogP contribution in [-0.2, 0) is 0 Å². The molecule has 2 bridgehead atoms. The predicted molar refractivity (Wildman–Crippen MR) is 63.0 cm³/mol. The summed E-state index contributed by atoms with van der Waals surface area (Å²) in [6.45, 7) is 10.8. The van der Waals surface area contributed by atoms with E-state index in [2.05, 4.69) is 20.4 Å². The van der Waals surface area contributed by atoms with Crippen molar-refractivity contribution in [2.24, 2.45) is 0 Å². The molecular formula is C11H24N4. The Balaban J connectivity index is 1.78. The van der Waals surface area contributed by atoms with Crippen LogP contribution in [-0.4, -0.2) is 68.8 Å². The molecule has 15 heavy (non-hydrogen) atoms. The van der Waals surface area contributed by atoms with E-state index in [9.17, 15) is 0 Å². The molecule has 0 amide bonds. The SMILES string of the molecule is C1CNCCN2CCCN(CCNC1)C2. The standard InChI is InChI=1S/C11H24N4/c1-3-12-5-9-14-7-2-8-15(11-14)10-6-13-4-1/h12-13H,1-11H2. The fourth-order valence-electron chi connectivity index (χ4n) is 2.37. The lowest BCUT2D eigenvalue weighted by molar-refractivity contribution is 0.0867. The summed E-state index contributed by atoms with van der Waals surface area (Å²) in [6, 6.07) is 0. The Morgan fingerprint density at radius 3 is 1.80 bits per heavy atom. The van der Waals surface area contributed by atoms with Crippen molar-refractivity contribution in [3.05, 3.63) is 0 Å². The summed E-state index contributed by atoms with van der Waals surface area (Å²) in [5.74, 6) is 0. The molecular weight excluding hydrogens is 188 g/mol. The van der Waals surface area contributed by atoms with E-state index in [1.807, 2.05) is 0 Å². The second-order valence-corrected chi connectivity index (χ2v) is 4.58. The highest BCUT2D eigenvalue weighted by Gasteiger charge is 2.16. The Hall–Kier alpha value is -0.160. The molecule has 2 aliphatic heterocycles. The normalized spacial score (nSPS) is 35.2. The first-order chi connectivity index (χ1) is 7.45. The number of hydrogen-bond acceptors (Lipinski definition) is 4. The van der Waals surface area contributed by atoms with Crippen LogP contribution in [0, 0.1) is 0 Å². The molecule has 0 aliphatic carbocycles. The molecule has 0 aromatic rings. The second-order valence-electron chi connectivity index (χ2n) is 4.58. The van der Waals surface area contributed by atoms with Gasteiger partial charge in [-0.05, 0) is 25.9 Å². The minimum Gasteiger partial charge on any atom is -0.315 e. The van der Waals surface area contributed by atoms with Gasteiger partial charge in [0.05, 0.1) is 6.67 Å². The van der Waals surface area contributed by atoms with E-state index in [0.29, 0.717) is 0 Å². The van der Waals surface area contributed by atoms with Crippen LogP contribution in [0.5, 0.6) is 0 Å². The Labute approximate surface area is 93.0 Å². The lowest BCUT2D eigenvalue weighted by Gasteiger charge is -2.36. The van der Waals surface area contributed by atoms with Crippen molar-refractivity contribution >= 4 is 0 Å². The fourth-order valence-corrected chi connectivity index (χ4v) is 2.37. The Kier molecular flexibility index (Phi) is 4.86. The third-order valence-corrected chi connectivity index (χ3v) is 3.27. The summed E-state index contributed by atoms with van der Waals surface area (Å²) in [4.78, 5) is 5.14. The molecule has 2 N–H and O–H groups in total. The van der Waals surface area contributed by atoms with Crippen LogP contribution >= 0.6 is 0 Å². The highest BCUT2D eigenvalue weighted by atomic mass is 15.3. The molecule has 2 heterocycles. The molecule has 0 saturated carbocycles. The first kappa shape index (κ1) is 11.3.